The van der Waals surface area contributed by atoms with Crippen molar-refractivity contribution in [2.45, 2.75) is 18.1 Å². The van der Waals surface area contributed by atoms with E-state index < -0.39 is 24.2 Å². The summed E-state index contributed by atoms with van der Waals surface area (Å²) in [7, 11) is 0. The van der Waals surface area contributed by atoms with Gasteiger partial charge in [0.25, 0.3) is 0 Å². The Kier molecular flexibility index (Phi) is 5.83. The molecule has 1 aromatic heterocycles. The first-order valence-corrected chi connectivity index (χ1v) is 9.81. The first-order valence-electron chi connectivity index (χ1n) is 9.81. The number of hydrogen-bond donors (Lipinski definition) is 4. The quantitative estimate of drug-likeness (QED) is 0.453. The molecule has 2 aromatic carbocycles. The van der Waals surface area contributed by atoms with Crippen molar-refractivity contribution in [3.05, 3.63) is 83.4 Å². The molecule has 8 heteroatoms. The molecule has 0 radical (unpaired) electrons. The van der Waals surface area contributed by atoms with E-state index in [0.717, 1.165) is 28.5 Å². The highest BCUT2D eigenvalue weighted by molar-refractivity contribution is 5.79. The maximum Gasteiger partial charge on any atom is 0.407 e. The van der Waals surface area contributed by atoms with E-state index in [1.54, 1.807) is 0 Å². The Morgan fingerprint density at radius 2 is 1.74 bits per heavy atom. The van der Waals surface area contributed by atoms with Crippen LogP contribution in [0.1, 0.15) is 28.7 Å². The van der Waals surface area contributed by atoms with Gasteiger partial charge in [-0.15, -0.1) is 0 Å². The molecular weight excluding hydrogens is 401 g/mol. The molecule has 0 aliphatic heterocycles. The van der Waals surface area contributed by atoms with E-state index in [1.807, 2.05) is 48.5 Å². The SMILES string of the molecule is Nc1cc(C(O)C(O)CNC(=O)OCC2c3ccccc3-c3ccccc32)cnc1F. The molecule has 2 unspecified atom stereocenters. The number of anilines is 1. The van der Waals surface area contributed by atoms with Crippen molar-refractivity contribution in [1.82, 2.24) is 10.3 Å². The van der Waals surface area contributed by atoms with Gasteiger partial charge in [-0.25, -0.2) is 9.78 Å². The molecule has 4 rings (SSSR count). The zero-order valence-corrected chi connectivity index (χ0v) is 16.5. The van der Waals surface area contributed by atoms with E-state index >= 15 is 0 Å². The van der Waals surface area contributed by atoms with Gasteiger partial charge in [-0.1, -0.05) is 48.5 Å². The predicted octanol–water partition coefficient (Wildman–Crippen LogP) is 2.74. The third-order valence-corrected chi connectivity index (χ3v) is 5.39. The van der Waals surface area contributed by atoms with E-state index in [4.69, 9.17) is 10.5 Å². The van der Waals surface area contributed by atoms with Gasteiger partial charge in [-0.2, -0.15) is 4.39 Å². The van der Waals surface area contributed by atoms with Crippen LogP contribution in [0.4, 0.5) is 14.9 Å². The maximum absolute atomic E-state index is 13.2. The summed E-state index contributed by atoms with van der Waals surface area (Å²) in [6, 6.07) is 17.2. The van der Waals surface area contributed by atoms with Crippen LogP contribution in [0.3, 0.4) is 0 Å². The zero-order chi connectivity index (χ0) is 22.0. The molecule has 1 aliphatic rings. The maximum atomic E-state index is 13.2. The number of alkyl carbamates (subject to hydrolysis) is 1. The van der Waals surface area contributed by atoms with Gasteiger partial charge in [-0.3, -0.25) is 0 Å². The Bertz CT molecular complexity index is 1060. The van der Waals surface area contributed by atoms with Gasteiger partial charge in [0.2, 0.25) is 5.95 Å². The van der Waals surface area contributed by atoms with Crippen LogP contribution in [0.2, 0.25) is 0 Å². The number of nitrogens with zero attached hydrogens (tertiary/aromatic N) is 1. The second-order valence-corrected chi connectivity index (χ2v) is 7.37. The molecule has 31 heavy (non-hydrogen) atoms. The zero-order valence-electron chi connectivity index (χ0n) is 16.5. The number of fused-ring (bicyclic) bond motifs is 3. The Hall–Kier alpha value is -3.49. The number of benzene rings is 2. The minimum atomic E-state index is -1.40. The Balaban J connectivity index is 1.34. The summed E-state index contributed by atoms with van der Waals surface area (Å²) in [5.74, 6) is -0.941. The number of nitrogens with two attached hydrogens (primary N) is 1. The molecule has 7 nitrogen and oxygen atoms in total. The van der Waals surface area contributed by atoms with Crippen molar-refractivity contribution < 1.29 is 24.1 Å². The summed E-state index contributed by atoms with van der Waals surface area (Å²) in [4.78, 5) is 15.6. The van der Waals surface area contributed by atoms with E-state index in [-0.39, 0.29) is 30.3 Å². The van der Waals surface area contributed by atoms with Gasteiger partial charge in [-0.05, 0) is 28.3 Å². The fourth-order valence-corrected chi connectivity index (χ4v) is 3.81. The number of nitrogens with one attached hydrogen (secondary N) is 1. The monoisotopic (exact) mass is 423 g/mol. The fourth-order valence-electron chi connectivity index (χ4n) is 3.81. The second kappa shape index (κ2) is 8.71. The summed E-state index contributed by atoms with van der Waals surface area (Å²) >= 11 is 0. The number of carbonyl (C=O) groups excluding carboxylic acids is 1. The Morgan fingerprint density at radius 3 is 2.35 bits per heavy atom. The number of nitrogen functional groups attached to an aromatic ring is 1. The third kappa shape index (κ3) is 4.21. The number of pyridine rings is 1. The highest BCUT2D eigenvalue weighted by Gasteiger charge is 2.29. The van der Waals surface area contributed by atoms with Crippen LogP contribution in [0.15, 0.2) is 60.8 Å². The van der Waals surface area contributed by atoms with Crippen molar-refractivity contribution in [2.24, 2.45) is 0 Å². The number of carbonyl (C=O) groups is 1. The smallest absolute Gasteiger partial charge is 0.407 e. The summed E-state index contributed by atoms with van der Waals surface area (Å²) in [6.07, 6.45) is -2.39. The number of amides is 1. The topological polar surface area (TPSA) is 118 Å². The van der Waals surface area contributed by atoms with Gasteiger partial charge in [0, 0.05) is 24.2 Å². The van der Waals surface area contributed by atoms with Crippen LogP contribution in [-0.4, -0.2) is 40.5 Å². The molecule has 0 fully saturated rings. The molecule has 0 bridgehead atoms. The van der Waals surface area contributed by atoms with Crippen LogP contribution in [0.5, 0.6) is 0 Å². The molecule has 160 valence electrons. The van der Waals surface area contributed by atoms with Crippen molar-refractivity contribution >= 4 is 11.8 Å². The average molecular weight is 423 g/mol. The van der Waals surface area contributed by atoms with Crippen molar-refractivity contribution in [1.29, 1.82) is 0 Å². The van der Waals surface area contributed by atoms with Gasteiger partial charge in [0.1, 0.15) is 18.8 Å². The molecule has 1 heterocycles. The number of aliphatic hydroxyl groups excluding tert-OH is 2. The number of rotatable bonds is 6. The van der Waals surface area contributed by atoms with Gasteiger partial charge >= 0.3 is 6.09 Å². The highest BCUT2D eigenvalue weighted by Crippen LogP contribution is 2.44. The third-order valence-electron chi connectivity index (χ3n) is 5.39. The highest BCUT2D eigenvalue weighted by atomic mass is 19.1. The number of aromatic nitrogens is 1. The number of hydrogen-bond acceptors (Lipinski definition) is 6. The lowest BCUT2D eigenvalue weighted by molar-refractivity contribution is 0.0183. The lowest BCUT2D eigenvalue weighted by Crippen LogP contribution is -2.36. The van der Waals surface area contributed by atoms with Crippen LogP contribution < -0.4 is 11.1 Å². The molecule has 0 spiro atoms. The molecule has 0 saturated heterocycles. The van der Waals surface area contributed by atoms with Crippen LogP contribution in [-0.2, 0) is 4.74 Å². The normalized spacial score (nSPS) is 14.4. The minimum Gasteiger partial charge on any atom is -0.449 e. The molecule has 1 aliphatic carbocycles. The van der Waals surface area contributed by atoms with Crippen LogP contribution >= 0.6 is 0 Å². The van der Waals surface area contributed by atoms with Crippen LogP contribution in [0, 0.1) is 5.95 Å². The van der Waals surface area contributed by atoms with E-state index in [2.05, 4.69) is 10.3 Å². The van der Waals surface area contributed by atoms with Gasteiger partial charge in [0.05, 0.1) is 5.69 Å². The van der Waals surface area contributed by atoms with Gasteiger partial charge in [0.15, 0.2) is 0 Å². The summed E-state index contributed by atoms with van der Waals surface area (Å²) < 4.78 is 18.5. The number of aliphatic hydroxyl groups is 2. The van der Waals surface area contributed by atoms with E-state index in [0.29, 0.717) is 0 Å². The second-order valence-electron chi connectivity index (χ2n) is 7.37. The largest absolute Gasteiger partial charge is 0.449 e. The first-order chi connectivity index (χ1) is 15.0. The van der Waals surface area contributed by atoms with E-state index in [1.165, 1.54) is 6.07 Å². The molecular formula is C23H22FN3O4. The van der Waals surface area contributed by atoms with Crippen molar-refractivity contribution in [3.63, 3.8) is 0 Å². The average Bonchev–Trinajstić information content (AvgIpc) is 3.11. The molecule has 0 saturated carbocycles. The summed E-state index contributed by atoms with van der Waals surface area (Å²) in [6.45, 7) is -0.133. The summed E-state index contributed by atoms with van der Waals surface area (Å²) in [5, 5.41) is 22.7. The number of ether oxygens (including phenoxy) is 1. The molecule has 5 N–H and O–H groups in total. The number of halogens is 1. The molecule has 3 aromatic rings. The molecule has 1 amide bonds. The lowest BCUT2D eigenvalue weighted by Gasteiger charge is -2.19. The van der Waals surface area contributed by atoms with Gasteiger partial charge < -0.3 is 26.0 Å². The van der Waals surface area contributed by atoms with Crippen LogP contribution in [0.25, 0.3) is 11.1 Å². The lowest BCUT2D eigenvalue weighted by atomic mass is 9.98. The first kappa shape index (κ1) is 20.8. The van der Waals surface area contributed by atoms with Crippen molar-refractivity contribution in [2.75, 3.05) is 18.9 Å². The predicted molar refractivity (Wildman–Crippen MR) is 113 cm³/mol. The van der Waals surface area contributed by atoms with E-state index in [9.17, 15) is 19.4 Å². The fraction of sp³-hybridized carbons (Fsp3) is 0.217. The van der Waals surface area contributed by atoms with Crippen molar-refractivity contribution in [3.8, 4) is 11.1 Å². The Labute approximate surface area is 178 Å². The molecule has 2 atom stereocenters. The summed E-state index contributed by atoms with van der Waals surface area (Å²) in [5.41, 5.74) is 9.75. The minimum absolute atomic E-state index is 0.0815. The Morgan fingerprint density at radius 1 is 1.13 bits per heavy atom. The standard InChI is InChI=1S/C23H22FN3O4/c24-22-19(25)9-13(10-26-22)21(29)20(28)11-27-23(30)31-12-18-16-7-3-1-5-14(16)15-6-2-4-8-17(15)18/h1-10,18,20-21,28-29H,11-12,25H2,(H,27,30).